The summed E-state index contributed by atoms with van der Waals surface area (Å²) in [6.07, 6.45) is 1.65. The molecule has 6 heteroatoms. The van der Waals surface area contributed by atoms with Crippen LogP contribution in [0.5, 0.6) is 0 Å². The molecule has 2 heterocycles. The minimum Gasteiger partial charge on any atom is -0.348 e. The molecule has 0 saturated carbocycles. The molecule has 130 valence electrons. The van der Waals surface area contributed by atoms with Gasteiger partial charge in [-0.1, -0.05) is 32.9 Å². The lowest BCUT2D eigenvalue weighted by molar-refractivity contribution is 0.0952. The first-order chi connectivity index (χ1) is 11.8. The van der Waals surface area contributed by atoms with E-state index in [0.717, 1.165) is 11.3 Å². The van der Waals surface area contributed by atoms with Crippen molar-refractivity contribution in [3.63, 3.8) is 0 Å². The normalized spacial score (nSPS) is 11.7. The molecular weight excluding hydrogens is 319 g/mol. The first-order valence-corrected chi connectivity index (χ1v) is 8.11. The quantitative estimate of drug-likeness (QED) is 0.795. The highest BCUT2D eigenvalue weighted by Gasteiger charge is 2.22. The van der Waals surface area contributed by atoms with Crippen LogP contribution in [0.3, 0.4) is 0 Å². The highest BCUT2D eigenvalue weighted by Crippen LogP contribution is 2.26. The summed E-state index contributed by atoms with van der Waals surface area (Å²) in [5, 5.41) is 7.83. The highest BCUT2D eigenvalue weighted by molar-refractivity contribution is 6.05. The van der Waals surface area contributed by atoms with E-state index >= 15 is 0 Å². The topological polar surface area (TPSA) is 59.8 Å². The van der Waals surface area contributed by atoms with Gasteiger partial charge in [-0.15, -0.1) is 0 Å². The zero-order chi connectivity index (χ0) is 18.2. The Morgan fingerprint density at radius 1 is 1.24 bits per heavy atom. The third-order valence-electron chi connectivity index (χ3n) is 4.08. The van der Waals surface area contributed by atoms with Gasteiger partial charge in [0.2, 0.25) is 0 Å². The number of nitrogens with zero attached hydrogens (tertiary/aromatic N) is 3. The maximum absolute atomic E-state index is 13.0. The van der Waals surface area contributed by atoms with E-state index < -0.39 is 0 Å². The number of aryl methyl sites for hydroxylation is 1. The summed E-state index contributed by atoms with van der Waals surface area (Å²) in [5.41, 5.74) is 2.70. The summed E-state index contributed by atoms with van der Waals surface area (Å²) in [6, 6.07) is 7.89. The van der Waals surface area contributed by atoms with Crippen LogP contribution in [0.25, 0.3) is 11.0 Å². The average Bonchev–Trinajstić information content (AvgIpc) is 2.94. The molecule has 0 bridgehead atoms. The molecule has 3 rings (SSSR count). The van der Waals surface area contributed by atoms with Crippen molar-refractivity contribution in [2.75, 3.05) is 0 Å². The Labute approximate surface area is 145 Å². The number of halogens is 1. The fraction of sp³-hybridized carbons (Fsp3) is 0.316. The average molecular weight is 340 g/mol. The number of carbonyl (C=O) groups excluding carboxylic acids is 1. The molecule has 1 aromatic carbocycles. The summed E-state index contributed by atoms with van der Waals surface area (Å²) in [5.74, 6) is -0.494. The highest BCUT2D eigenvalue weighted by atomic mass is 19.1. The van der Waals surface area contributed by atoms with Crippen LogP contribution in [0.15, 0.2) is 36.5 Å². The third kappa shape index (κ3) is 3.52. The van der Waals surface area contributed by atoms with E-state index in [0.29, 0.717) is 23.1 Å². The van der Waals surface area contributed by atoms with E-state index in [1.165, 1.54) is 12.1 Å². The summed E-state index contributed by atoms with van der Waals surface area (Å²) < 4.78 is 14.6. The molecule has 0 fully saturated rings. The Kier molecular flexibility index (Phi) is 4.29. The molecule has 1 N–H and O–H groups in total. The van der Waals surface area contributed by atoms with E-state index in [-0.39, 0.29) is 17.1 Å². The number of fused-ring (bicyclic) bond motifs is 1. The van der Waals surface area contributed by atoms with Crippen molar-refractivity contribution in [2.24, 2.45) is 7.05 Å². The van der Waals surface area contributed by atoms with Crippen LogP contribution in [0, 0.1) is 5.82 Å². The lowest BCUT2D eigenvalue weighted by Gasteiger charge is -2.19. The van der Waals surface area contributed by atoms with Gasteiger partial charge in [-0.3, -0.25) is 9.48 Å². The fourth-order valence-corrected chi connectivity index (χ4v) is 2.57. The zero-order valence-electron chi connectivity index (χ0n) is 14.8. The van der Waals surface area contributed by atoms with Crippen molar-refractivity contribution in [2.45, 2.75) is 32.7 Å². The number of amides is 1. The van der Waals surface area contributed by atoms with E-state index in [9.17, 15) is 9.18 Å². The standard InChI is InChI=1S/C19H21FN4O/c1-19(2,3)16-9-14(15-11-22-24(4)17(15)23-16)18(25)21-10-12-5-7-13(20)8-6-12/h5-9,11H,10H2,1-4H3,(H,21,25). The van der Waals surface area contributed by atoms with Gasteiger partial charge >= 0.3 is 0 Å². The first-order valence-electron chi connectivity index (χ1n) is 8.11. The SMILES string of the molecule is Cn1ncc2c(C(=O)NCc3ccc(F)cc3)cc(C(C)(C)C)nc21. The Morgan fingerprint density at radius 3 is 2.56 bits per heavy atom. The van der Waals surface area contributed by atoms with Gasteiger partial charge in [0.05, 0.1) is 17.1 Å². The largest absolute Gasteiger partial charge is 0.348 e. The smallest absolute Gasteiger partial charge is 0.252 e. The molecule has 2 aromatic heterocycles. The van der Waals surface area contributed by atoms with E-state index in [2.05, 4.69) is 36.2 Å². The molecule has 0 atom stereocenters. The van der Waals surface area contributed by atoms with Gasteiger partial charge in [0.15, 0.2) is 5.65 Å². The molecule has 0 aliphatic heterocycles. The molecule has 0 spiro atoms. The van der Waals surface area contributed by atoms with Crippen LogP contribution in [0.4, 0.5) is 4.39 Å². The second-order valence-electron chi connectivity index (χ2n) is 7.12. The predicted molar refractivity (Wildman–Crippen MR) is 94.8 cm³/mol. The number of carbonyl (C=O) groups is 1. The van der Waals surface area contributed by atoms with E-state index in [1.54, 1.807) is 23.0 Å². The minimum absolute atomic E-state index is 0.190. The molecule has 0 unspecified atom stereocenters. The summed E-state index contributed by atoms with van der Waals surface area (Å²) in [4.78, 5) is 17.4. The monoisotopic (exact) mass is 340 g/mol. The van der Waals surface area contributed by atoms with Crippen molar-refractivity contribution in [1.29, 1.82) is 0 Å². The third-order valence-corrected chi connectivity index (χ3v) is 4.08. The first kappa shape index (κ1) is 17.1. The number of benzene rings is 1. The number of aromatic nitrogens is 3. The predicted octanol–water partition coefficient (Wildman–Crippen LogP) is 3.33. The molecule has 3 aromatic rings. The number of hydrogen-bond donors (Lipinski definition) is 1. The molecule has 0 aliphatic carbocycles. The van der Waals surface area contributed by atoms with Gasteiger partial charge < -0.3 is 5.32 Å². The van der Waals surface area contributed by atoms with Crippen LogP contribution in [0.2, 0.25) is 0 Å². The van der Waals surface area contributed by atoms with Gasteiger partial charge in [0, 0.05) is 24.7 Å². The zero-order valence-corrected chi connectivity index (χ0v) is 14.8. The lowest BCUT2D eigenvalue weighted by Crippen LogP contribution is -2.24. The number of rotatable bonds is 3. The van der Waals surface area contributed by atoms with Crippen LogP contribution in [0.1, 0.15) is 42.4 Å². The number of hydrogen-bond acceptors (Lipinski definition) is 3. The lowest BCUT2D eigenvalue weighted by atomic mass is 9.90. The number of pyridine rings is 1. The van der Waals surface area contributed by atoms with Crippen molar-refractivity contribution >= 4 is 16.9 Å². The van der Waals surface area contributed by atoms with Crippen molar-refractivity contribution in [1.82, 2.24) is 20.1 Å². The van der Waals surface area contributed by atoms with Gasteiger partial charge in [-0.25, -0.2) is 9.37 Å². The maximum Gasteiger partial charge on any atom is 0.252 e. The second kappa shape index (κ2) is 6.27. The molecule has 5 nitrogen and oxygen atoms in total. The molecule has 25 heavy (non-hydrogen) atoms. The Balaban J connectivity index is 1.93. The van der Waals surface area contributed by atoms with E-state index in [4.69, 9.17) is 0 Å². The van der Waals surface area contributed by atoms with Crippen LogP contribution in [-0.4, -0.2) is 20.7 Å². The molecule has 0 saturated heterocycles. The van der Waals surface area contributed by atoms with Crippen molar-refractivity contribution in [3.05, 3.63) is 59.2 Å². The van der Waals surface area contributed by atoms with Crippen molar-refractivity contribution < 1.29 is 9.18 Å². The molecular formula is C19H21FN4O. The number of nitrogens with one attached hydrogen (secondary N) is 1. The second-order valence-corrected chi connectivity index (χ2v) is 7.12. The Hall–Kier alpha value is -2.76. The van der Waals surface area contributed by atoms with Gasteiger partial charge in [0.25, 0.3) is 5.91 Å². The Morgan fingerprint density at radius 2 is 1.92 bits per heavy atom. The molecule has 0 aliphatic rings. The summed E-state index contributed by atoms with van der Waals surface area (Å²) >= 11 is 0. The van der Waals surface area contributed by atoms with Crippen LogP contribution < -0.4 is 5.32 Å². The maximum atomic E-state index is 13.0. The summed E-state index contributed by atoms with van der Waals surface area (Å²) in [7, 11) is 1.81. The van der Waals surface area contributed by atoms with Gasteiger partial charge in [0.1, 0.15) is 5.82 Å². The van der Waals surface area contributed by atoms with Crippen LogP contribution >= 0.6 is 0 Å². The van der Waals surface area contributed by atoms with Gasteiger partial charge in [-0.05, 0) is 23.8 Å². The van der Waals surface area contributed by atoms with Gasteiger partial charge in [-0.2, -0.15) is 5.10 Å². The van der Waals surface area contributed by atoms with Crippen LogP contribution in [-0.2, 0) is 19.0 Å². The minimum atomic E-state index is -0.295. The summed E-state index contributed by atoms with van der Waals surface area (Å²) in [6.45, 7) is 6.49. The molecule has 1 amide bonds. The van der Waals surface area contributed by atoms with E-state index in [1.807, 2.05) is 13.1 Å². The fourth-order valence-electron chi connectivity index (χ4n) is 2.57. The molecule has 0 radical (unpaired) electrons. The van der Waals surface area contributed by atoms with Crippen molar-refractivity contribution in [3.8, 4) is 0 Å². The Bertz CT molecular complexity index is 923.